The van der Waals surface area contributed by atoms with E-state index in [2.05, 4.69) is 18.6 Å². The molecule has 20 heavy (non-hydrogen) atoms. The smallest absolute Gasteiger partial charge is 0.280 e. The van der Waals surface area contributed by atoms with E-state index < -0.39 is 15.7 Å². The van der Waals surface area contributed by atoms with Gasteiger partial charge in [-0.25, -0.2) is 0 Å². The molecule has 1 aliphatic heterocycles. The normalized spacial score (nSPS) is 37.0. The maximum atomic E-state index is 12.5. The molecule has 5 nitrogen and oxygen atoms in total. The lowest BCUT2D eigenvalue weighted by Gasteiger charge is -2.40. The zero-order valence-corrected chi connectivity index (χ0v) is 13.5. The molecule has 0 radical (unpaired) electrons. The van der Waals surface area contributed by atoms with Crippen LogP contribution in [0, 0.1) is 11.8 Å². The Morgan fingerprint density at radius 1 is 1.20 bits per heavy atom. The molecule has 1 heterocycles. The zero-order chi connectivity index (χ0) is 14.8. The summed E-state index contributed by atoms with van der Waals surface area (Å²) in [5, 5.41) is 9.70. The second-order valence-electron chi connectivity index (χ2n) is 6.83. The summed E-state index contributed by atoms with van der Waals surface area (Å²) in [7, 11) is -3.48. The van der Waals surface area contributed by atoms with E-state index in [9.17, 15) is 13.5 Å². The number of nitrogens with one attached hydrogen (secondary N) is 1. The second-order valence-corrected chi connectivity index (χ2v) is 8.50. The summed E-state index contributed by atoms with van der Waals surface area (Å²) in [6, 6.07) is 0. The molecule has 6 heteroatoms. The summed E-state index contributed by atoms with van der Waals surface area (Å²) >= 11 is 0. The minimum Gasteiger partial charge on any atom is -0.394 e. The summed E-state index contributed by atoms with van der Waals surface area (Å²) < 4.78 is 29.5. The van der Waals surface area contributed by atoms with E-state index in [-0.39, 0.29) is 6.61 Å². The third kappa shape index (κ3) is 3.72. The van der Waals surface area contributed by atoms with Crippen molar-refractivity contribution in [3.05, 3.63) is 0 Å². The van der Waals surface area contributed by atoms with Gasteiger partial charge in [-0.1, -0.05) is 13.8 Å². The van der Waals surface area contributed by atoms with Crippen molar-refractivity contribution in [1.82, 2.24) is 9.03 Å². The highest BCUT2D eigenvalue weighted by atomic mass is 32.2. The number of hydrogen-bond acceptors (Lipinski definition) is 3. The van der Waals surface area contributed by atoms with E-state index in [1.807, 2.05) is 0 Å². The van der Waals surface area contributed by atoms with Crippen LogP contribution in [-0.2, 0) is 10.2 Å². The number of nitrogens with zero attached hydrogens (tertiary/aromatic N) is 1. The fourth-order valence-electron chi connectivity index (χ4n) is 3.31. The largest absolute Gasteiger partial charge is 0.394 e. The standard InChI is InChI=1S/C14H28N2O3S/c1-12-5-7-14(11-17,8-6-12)15-20(18,19)16-9-3-4-13(2)10-16/h12-13,15,17H,3-11H2,1-2H3. The van der Waals surface area contributed by atoms with E-state index in [1.165, 1.54) is 0 Å². The van der Waals surface area contributed by atoms with Crippen LogP contribution in [0.4, 0.5) is 0 Å². The molecule has 0 aromatic rings. The Hall–Kier alpha value is -0.170. The third-order valence-corrected chi connectivity index (χ3v) is 6.54. The zero-order valence-electron chi connectivity index (χ0n) is 12.6. The van der Waals surface area contributed by atoms with E-state index in [1.54, 1.807) is 4.31 Å². The fourth-order valence-corrected chi connectivity index (χ4v) is 5.08. The Morgan fingerprint density at radius 2 is 1.85 bits per heavy atom. The van der Waals surface area contributed by atoms with Crippen LogP contribution in [0.1, 0.15) is 52.4 Å². The minimum atomic E-state index is -3.48. The first kappa shape index (κ1) is 16.2. The Morgan fingerprint density at radius 3 is 2.40 bits per heavy atom. The lowest BCUT2D eigenvalue weighted by atomic mass is 9.78. The number of piperidine rings is 1. The van der Waals surface area contributed by atoms with Gasteiger partial charge in [0.25, 0.3) is 10.2 Å². The fraction of sp³-hybridized carbons (Fsp3) is 1.00. The highest BCUT2D eigenvalue weighted by Gasteiger charge is 2.39. The van der Waals surface area contributed by atoms with Gasteiger partial charge in [0.05, 0.1) is 12.1 Å². The lowest BCUT2D eigenvalue weighted by molar-refractivity contribution is 0.122. The quantitative estimate of drug-likeness (QED) is 0.827. The number of aliphatic hydroxyl groups excluding tert-OH is 1. The van der Waals surface area contributed by atoms with Crippen LogP contribution in [0.3, 0.4) is 0 Å². The van der Waals surface area contributed by atoms with E-state index in [0.717, 1.165) is 38.5 Å². The van der Waals surface area contributed by atoms with Gasteiger partial charge in [-0.05, 0) is 50.4 Å². The predicted octanol–water partition coefficient (Wildman–Crippen LogP) is 1.49. The number of aliphatic hydroxyl groups is 1. The molecular formula is C14H28N2O3S. The molecule has 2 N–H and O–H groups in total. The summed E-state index contributed by atoms with van der Waals surface area (Å²) in [6.45, 7) is 5.35. The van der Waals surface area contributed by atoms with Gasteiger partial charge in [0.2, 0.25) is 0 Å². The number of rotatable bonds is 4. The average molecular weight is 304 g/mol. The minimum absolute atomic E-state index is 0.109. The van der Waals surface area contributed by atoms with Crippen molar-refractivity contribution in [2.45, 2.75) is 57.9 Å². The second kappa shape index (κ2) is 6.30. The molecule has 1 aliphatic carbocycles. The first-order chi connectivity index (χ1) is 9.37. The van der Waals surface area contributed by atoms with Crippen molar-refractivity contribution in [1.29, 1.82) is 0 Å². The Bertz CT molecular complexity index is 416. The van der Waals surface area contributed by atoms with Crippen molar-refractivity contribution in [3.8, 4) is 0 Å². The molecule has 0 bridgehead atoms. The van der Waals surface area contributed by atoms with Crippen LogP contribution in [-0.4, -0.2) is 43.1 Å². The van der Waals surface area contributed by atoms with Crippen LogP contribution in [0.2, 0.25) is 0 Å². The van der Waals surface area contributed by atoms with E-state index in [4.69, 9.17) is 0 Å². The predicted molar refractivity (Wildman–Crippen MR) is 79.5 cm³/mol. The van der Waals surface area contributed by atoms with Gasteiger partial charge >= 0.3 is 0 Å². The Kier molecular flexibility index (Phi) is 5.10. The van der Waals surface area contributed by atoms with Crippen molar-refractivity contribution in [2.24, 2.45) is 11.8 Å². The van der Waals surface area contributed by atoms with E-state index in [0.29, 0.717) is 24.9 Å². The van der Waals surface area contributed by atoms with Gasteiger partial charge in [-0.15, -0.1) is 0 Å². The molecule has 1 saturated carbocycles. The van der Waals surface area contributed by atoms with Crippen molar-refractivity contribution in [2.75, 3.05) is 19.7 Å². The van der Waals surface area contributed by atoms with Crippen LogP contribution < -0.4 is 4.72 Å². The molecular weight excluding hydrogens is 276 g/mol. The average Bonchev–Trinajstić information content (AvgIpc) is 2.41. The van der Waals surface area contributed by atoms with Gasteiger partial charge in [0.1, 0.15) is 0 Å². The highest BCUT2D eigenvalue weighted by molar-refractivity contribution is 7.87. The summed E-state index contributed by atoms with van der Waals surface area (Å²) in [5.74, 6) is 1.03. The lowest BCUT2D eigenvalue weighted by Crippen LogP contribution is -2.58. The Balaban J connectivity index is 2.05. The van der Waals surface area contributed by atoms with Crippen LogP contribution in [0.15, 0.2) is 0 Å². The first-order valence-corrected chi connectivity index (χ1v) is 9.21. The molecule has 0 amide bonds. The topological polar surface area (TPSA) is 69.6 Å². The molecule has 2 fully saturated rings. The number of hydrogen-bond donors (Lipinski definition) is 2. The molecule has 118 valence electrons. The molecule has 1 saturated heterocycles. The molecule has 0 aromatic carbocycles. The molecule has 0 aromatic heterocycles. The molecule has 0 spiro atoms. The molecule has 2 rings (SSSR count). The highest BCUT2D eigenvalue weighted by Crippen LogP contribution is 2.32. The van der Waals surface area contributed by atoms with Gasteiger partial charge < -0.3 is 5.11 Å². The maximum Gasteiger partial charge on any atom is 0.280 e. The van der Waals surface area contributed by atoms with Crippen molar-refractivity contribution in [3.63, 3.8) is 0 Å². The van der Waals surface area contributed by atoms with E-state index >= 15 is 0 Å². The van der Waals surface area contributed by atoms with Gasteiger partial charge in [-0.2, -0.15) is 17.4 Å². The van der Waals surface area contributed by atoms with Crippen LogP contribution >= 0.6 is 0 Å². The van der Waals surface area contributed by atoms with Crippen molar-refractivity contribution >= 4 is 10.2 Å². The SMILES string of the molecule is CC1CCC(CO)(NS(=O)(=O)N2CCCC(C)C2)CC1. The van der Waals surface area contributed by atoms with Crippen LogP contribution in [0.5, 0.6) is 0 Å². The van der Waals surface area contributed by atoms with Gasteiger partial charge in [-0.3, -0.25) is 0 Å². The molecule has 2 aliphatic rings. The van der Waals surface area contributed by atoms with Gasteiger partial charge in [0.15, 0.2) is 0 Å². The summed E-state index contributed by atoms with van der Waals surface area (Å²) in [6.07, 6.45) is 5.42. The summed E-state index contributed by atoms with van der Waals surface area (Å²) in [4.78, 5) is 0. The summed E-state index contributed by atoms with van der Waals surface area (Å²) in [5.41, 5.74) is -0.647. The third-order valence-electron chi connectivity index (χ3n) is 4.84. The molecule has 1 unspecified atom stereocenters. The Labute approximate surface area is 122 Å². The first-order valence-electron chi connectivity index (χ1n) is 7.77. The van der Waals surface area contributed by atoms with Crippen LogP contribution in [0.25, 0.3) is 0 Å². The molecule has 1 atom stereocenters. The van der Waals surface area contributed by atoms with Crippen molar-refractivity contribution < 1.29 is 13.5 Å². The van der Waals surface area contributed by atoms with Gasteiger partial charge in [0, 0.05) is 13.1 Å². The monoisotopic (exact) mass is 304 g/mol. The maximum absolute atomic E-state index is 12.5.